The lowest BCUT2D eigenvalue weighted by atomic mass is 10.1. The van der Waals surface area contributed by atoms with Gasteiger partial charge < -0.3 is 0 Å². The normalized spacial score (nSPS) is 10.4. The smallest absolute Gasteiger partial charge is 0.186 e. The molecule has 0 atom stereocenters. The van der Waals surface area contributed by atoms with Gasteiger partial charge in [0.15, 0.2) is 5.78 Å². The van der Waals surface area contributed by atoms with E-state index in [4.69, 9.17) is 0 Å². The standard InChI is InChI=1S/C13H8Br2FNO/c14-10-2-1-5-17-13(10)12(18)6-8-3-4-9(16)7-11(8)15/h1-5,7H,6H2. The zero-order valence-corrected chi connectivity index (χ0v) is 12.3. The summed E-state index contributed by atoms with van der Waals surface area (Å²) >= 11 is 6.53. The molecule has 18 heavy (non-hydrogen) atoms. The van der Waals surface area contributed by atoms with E-state index in [0.717, 1.165) is 5.56 Å². The van der Waals surface area contributed by atoms with Crippen LogP contribution in [0, 0.1) is 5.82 Å². The average Bonchev–Trinajstić information content (AvgIpc) is 2.33. The summed E-state index contributed by atoms with van der Waals surface area (Å²) in [5.74, 6) is -0.452. The Balaban J connectivity index is 2.24. The lowest BCUT2D eigenvalue weighted by Gasteiger charge is -2.05. The van der Waals surface area contributed by atoms with Crippen molar-refractivity contribution in [3.8, 4) is 0 Å². The first-order chi connectivity index (χ1) is 8.58. The van der Waals surface area contributed by atoms with Crippen LogP contribution in [0.4, 0.5) is 4.39 Å². The highest BCUT2D eigenvalue weighted by molar-refractivity contribution is 9.10. The van der Waals surface area contributed by atoms with Crippen molar-refractivity contribution in [2.45, 2.75) is 6.42 Å². The number of aromatic nitrogens is 1. The molecule has 0 aliphatic heterocycles. The zero-order chi connectivity index (χ0) is 13.1. The summed E-state index contributed by atoms with van der Waals surface area (Å²) in [7, 11) is 0. The van der Waals surface area contributed by atoms with Crippen molar-refractivity contribution < 1.29 is 9.18 Å². The fourth-order valence-electron chi connectivity index (χ4n) is 1.51. The number of pyridine rings is 1. The highest BCUT2D eigenvalue weighted by Crippen LogP contribution is 2.21. The third-order valence-corrected chi connectivity index (χ3v) is 3.77. The van der Waals surface area contributed by atoms with Gasteiger partial charge in [0.2, 0.25) is 0 Å². The topological polar surface area (TPSA) is 30.0 Å². The van der Waals surface area contributed by atoms with Gasteiger partial charge in [0.1, 0.15) is 11.5 Å². The molecule has 2 aromatic rings. The quantitative estimate of drug-likeness (QED) is 0.757. The lowest BCUT2D eigenvalue weighted by Crippen LogP contribution is -2.07. The van der Waals surface area contributed by atoms with Crippen molar-refractivity contribution in [3.05, 3.63) is 62.5 Å². The first kappa shape index (κ1) is 13.4. The summed E-state index contributed by atoms with van der Waals surface area (Å²) in [5.41, 5.74) is 1.12. The van der Waals surface area contributed by atoms with Gasteiger partial charge in [0, 0.05) is 21.6 Å². The number of halogens is 3. The summed E-state index contributed by atoms with van der Waals surface area (Å²) in [5, 5.41) is 0. The Morgan fingerprint density at radius 2 is 2.00 bits per heavy atom. The first-order valence-electron chi connectivity index (χ1n) is 5.15. The van der Waals surface area contributed by atoms with Crippen LogP contribution in [0.1, 0.15) is 16.1 Å². The summed E-state index contributed by atoms with van der Waals surface area (Å²) in [4.78, 5) is 16.1. The van der Waals surface area contributed by atoms with Crippen LogP contribution in [0.5, 0.6) is 0 Å². The second-order valence-electron chi connectivity index (χ2n) is 3.67. The Morgan fingerprint density at radius 1 is 1.22 bits per heavy atom. The van der Waals surface area contributed by atoms with Gasteiger partial charge in [-0.1, -0.05) is 22.0 Å². The number of ketones is 1. The molecule has 0 aliphatic rings. The van der Waals surface area contributed by atoms with Crippen molar-refractivity contribution in [3.63, 3.8) is 0 Å². The van der Waals surface area contributed by atoms with E-state index in [9.17, 15) is 9.18 Å². The molecular formula is C13H8Br2FNO. The molecule has 0 aliphatic carbocycles. The third-order valence-electron chi connectivity index (χ3n) is 2.39. The largest absolute Gasteiger partial charge is 0.292 e. The number of Topliss-reactive ketones (excluding diaryl/α,β-unsaturated/α-hetero) is 1. The number of hydrogen-bond donors (Lipinski definition) is 0. The molecule has 0 radical (unpaired) electrons. The molecule has 0 spiro atoms. The second-order valence-corrected chi connectivity index (χ2v) is 5.38. The molecule has 5 heteroatoms. The van der Waals surface area contributed by atoms with Crippen LogP contribution in [0.25, 0.3) is 0 Å². The first-order valence-corrected chi connectivity index (χ1v) is 6.74. The summed E-state index contributed by atoms with van der Waals surface area (Å²) in [6, 6.07) is 7.78. The van der Waals surface area contributed by atoms with Crippen LogP contribution in [0.15, 0.2) is 45.5 Å². The molecule has 2 nitrogen and oxygen atoms in total. The van der Waals surface area contributed by atoms with Gasteiger partial charge in [0.05, 0.1) is 0 Å². The second kappa shape index (κ2) is 5.71. The summed E-state index contributed by atoms with van der Waals surface area (Å²) < 4.78 is 14.2. The van der Waals surface area contributed by atoms with E-state index in [2.05, 4.69) is 36.8 Å². The van der Waals surface area contributed by atoms with Crippen molar-refractivity contribution in [1.29, 1.82) is 0 Å². The summed E-state index contributed by atoms with van der Waals surface area (Å²) in [6.07, 6.45) is 1.74. The SMILES string of the molecule is O=C(Cc1ccc(F)cc1Br)c1ncccc1Br. The van der Waals surface area contributed by atoms with Gasteiger partial charge in [0.25, 0.3) is 0 Å². The van der Waals surface area contributed by atoms with Crippen LogP contribution in [-0.2, 0) is 6.42 Å². The predicted molar refractivity (Wildman–Crippen MR) is 74.1 cm³/mol. The number of rotatable bonds is 3. The molecule has 2 rings (SSSR count). The number of benzene rings is 1. The Bertz CT molecular complexity index is 601. The highest BCUT2D eigenvalue weighted by atomic mass is 79.9. The van der Waals surface area contributed by atoms with Crippen molar-refractivity contribution in [1.82, 2.24) is 4.98 Å². The average molecular weight is 373 g/mol. The van der Waals surface area contributed by atoms with Crippen molar-refractivity contribution in [2.24, 2.45) is 0 Å². The Kier molecular flexibility index (Phi) is 4.24. The van der Waals surface area contributed by atoms with E-state index < -0.39 is 0 Å². The van der Waals surface area contributed by atoms with Crippen LogP contribution in [-0.4, -0.2) is 10.8 Å². The summed E-state index contributed by atoms with van der Waals surface area (Å²) in [6.45, 7) is 0. The fraction of sp³-hybridized carbons (Fsp3) is 0.0769. The van der Waals surface area contributed by atoms with E-state index in [1.54, 1.807) is 24.4 Å². The van der Waals surface area contributed by atoms with Gasteiger partial charge in [-0.15, -0.1) is 0 Å². The minimum atomic E-state index is -0.336. The molecule has 1 heterocycles. The van der Waals surface area contributed by atoms with Crippen molar-refractivity contribution >= 4 is 37.6 Å². The Hall–Kier alpha value is -1.07. The third kappa shape index (κ3) is 3.03. The fourth-order valence-corrected chi connectivity index (χ4v) is 2.48. The van der Waals surface area contributed by atoms with Crippen molar-refractivity contribution in [2.75, 3.05) is 0 Å². The lowest BCUT2D eigenvalue weighted by molar-refractivity contribution is 0.0987. The van der Waals surface area contributed by atoms with Gasteiger partial charge in [-0.25, -0.2) is 4.39 Å². The molecule has 0 unspecified atom stereocenters. The molecule has 1 aromatic heterocycles. The van der Waals surface area contributed by atoms with E-state index in [1.807, 2.05) is 0 Å². The maximum atomic E-state index is 12.9. The molecule has 0 bridgehead atoms. The molecule has 0 saturated carbocycles. The molecule has 1 aromatic carbocycles. The van der Waals surface area contributed by atoms with Crippen LogP contribution in [0.2, 0.25) is 0 Å². The van der Waals surface area contributed by atoms with Crippen LogP contribution >= 0.6 is 31.9 Å². The molecule has 0 amide bonds. The van der Waals surface area contributed by atoms with Crippen LogP contribution in [0.3, 0.4) is 0 Å². The number of hydrogen-bond acceptors (Lipinski definition) is 2. The minimum Gasteiger partial charge on any atom is -0.292 e. The van der Waals surface area contributed by atoms with E-state index >= 15 is 0 Å². The van der Waals surface area contributed by atoms with Gasteiger partial charge in [-0.05, 0) is 45.8 Å². The van der Waals surface area contributed by atoms with Gasteiger partial charge >= 0.3 is 0 Å². The Morgan fingerprint density at radius 3 is 2.67 bits per heavy atom. The minimum absolute atomic E-state index is 0.116. The highest BCUT2D eigenvalue weighted by Gasteiger charge is 2.13. The molecular weight excluding hydrogens is 365 g/mol. The Labute approximate surface area is 121 Å². The van der Waals surface area contributed by atoms with Crippen LogP contribution < -0.4 is 0 Å². The zero-order valence-electron chi connectivity index (χ0n) is 9.16. The van der Waals surface area contributed by atoms with E-state index in [0.29, 0.717) is 14.6 Å². The molecule has 0 fully saturated rings. The molecule has 0 saturated heterocycles. The van der Waals surface area contributed by atoms with Gasteiger partial charge in [-0.2, -0.15) is 0 Å². The molecule has 0 N–H and O–H groups in total. The predicted octanol–water partition coefficient (Wildman–Crippen LogP) is 4.17. The van der Waals surface area contributed by atoms with E-state index in [1.165, 1.54) is 12.1 Å². The number of nitrogens with zero attached hydrogens (tertiary/aromatic N) is 1. The van der Waals surface area contributed by atoms with Gasteiger partial charge in [-0.3, -0.25) is 9.78 Å². The maximum absolute atomic E-state index is 12.9. The molecule has 92 valence electrons. The van der Waals surface area contributed by atoms with E-state index in [-0.39, 0.29) is 18.0 Å². The monoisotopic (exact) mass is 371 g/mol. The maximum Gasteiger partial charge on any atom is 0.186 e. The number of carbonyl (C=O) groups excluding carboxylic acids is 1. The number of carbonyl (C=O) groups is 1.